The maximum Gasteiger partial charge on any atom is 0.257 e. The highest BCUT2D eigenvalue weighted by molar-refractivity contribution is 6.09. The zero-order valence-electron chi connectivity index (χ0n) is 11.0. The number of benzene rings is 1. The Balaban J connectivity index is 2.25. The van der Waals surface area contributed by atoms with Crippen LogP contribution in [0.1, 0.15) is 21.6 Å². The molecule has 5 nitrogen and oxygen atoms in total. The van der Waals surface area contributed by atoms with Crippen molar-refractivity contribution in [2.75, 3.05) is 0 Å². The summed E-state index contributed by atoms with van der Waals surface area (Å²) in [5.74, 6) is 4.54. The fraction of sp³-hybridized carbons (Fsp3) is 0.0667. The van der Waals surface area contributed by atoms with Gasteiger partial charge in [0, 0.05) is 36.1 Å². The molecule has 0 unspecified atom stereocenters. The number of hydrazine groups is 1. The average Bonchev–Trinajstić information content (AvgIpc) is 2.86. The van der Waals surface area contributed by atoms with Crippen molar-refractivity contribution >= 4 is 17.8 Å². The van der Waals surface area contributed by atoms with Gasteiger partial charge >= 0.3 is 0 Å². The SMILES string of the molecule is Cn1cc(C(=O)c2ccccc2)cc1/C=C/C(=O)NN. The molecule has 0 fully saturated rings. The summed E-state index contributed by atoms with van der Waals surface area (Å²) >= 11 is 0. The fourth-order valence-corrected chi connectivity index (χ4v) is 1.84. The van der Waals surface area contributed by atoms with E-state index in [-0.39, 0.29) is 5.78 Å². The van der Waals surface area contributed by atoms with E-state index in [1.807, 2.05) is 30.7 Å². The first-order valence-electron chi connectivity index (χ1n) is 6.06. The summed E-state index contributed by atoms with van der Waals surface area (Å²) in [5.41, 5.74) is 3.96. The van der Waals surface area contributed by atoms with Gasteiger partial charge in [-0.3, -0.25) is 15.0 Å². The Bertz CT molecular complexity index is 657. The number of amides is 1. The van der Waals surface area contributed by atoms with Crippen LogP contribution in [0.15, 0.2) is 48.7 Å². The molecule has 1 amide bonds. The molecule has 5 heteroatoms. The van der Waals surface area contributed by atoms with Gasteiger partial charge in [0.2, 0.25) is 0 Å². The van der Waals surface area contributed by atoms with Crippen LogP contribution in [0.3, 0.4) is 0 Å². The maximum atomic E-state index is 12.3. The highest BCUT2D eigenvalue weighted by atomic mass is 16.2. The summed E-state index contributed by atoms with van der Waals surface area (Å²) in [6.45, 7) is 0. The summed E-state index contributed by atoms with van der Waals surface area (Å²) < 4.78 is 1.77. The molecule has 20 heavy (non-hydrogen) atoms. The van der Waals surface area contributed by atoms with E-state index in [1.54, 1.807) is 35.0 Å². The van der Waals surface area contributed by atoms with E-state index in [0.29, 0.717) is 11.1 Å². The molecule has 0 spiro atoms. The number of nitrogens with zero attached hydrogens (tertiary/aromatic N) is 1. The molecule has 0 saturated carbocycles. The van der Waals surface area contributed by atoms with Gasteiger partial charge in [0.1, 0.15) is 0 Å². The smallest absolute Gasteiger partial charge is 0.257 e. The second-order valence-electron chi connectivity index (χ2n) is 4.30. The molecule has 0 atom stereocenters. The summed E-state index contributed by atoms with van der Waals surface area (Å²) in [5, 5.41) is 0. The predicted octanol–water partition coefficient (Wildman–Crippen LogP) is 1.26. The Labute approximate surface area is 116 Å². The zero-order valence-corrected chi connectivity index (χ0v) is 11.0. The lowest BCUT2D eigenvalue weighted by Crippen LogP contribution is -2.27. The van der Waals surface area contributed by atoms with Crippen molar-refractivity contribution in [3.05, 3.63) is 65.5 Å². The van der Waals surface area contributed by atoms with Gasteiger partial charge in [-0.2, -0.15) is 0 Å². The number of aryl methyl sites for hydroxylation is 1. The molecule has 0 aliphatic rings. The Morgan fingerprint density at radius 2 is 1.90 bits per heavy atom. The monoisotopic (exact) mass is 269 g/mol. The van der Waals surface area contributed by atoms with E-state index in [4.69, 9.17) is 5.84 Å². The molecule has 0 aliphatic carbocycles. The minimum Gasteiger partial charge on any atom is -0.350 e. The third-order valence-corrected chi connectivity index (χ3v) is 2.89. The van der Waals surface area contributed by atoms with Crippen LogP contribution < -0.4 is 11.3 Å². The van der Waals surface area contributed by atoms with Crippen molar-refractivity contribution in [2.24, 2.45) is 12.9 Å². The zero-order chi connectivity index (χ0) is 14.5. The summed E-state index contributed by atoms with van der Waals surface area (Å²) in [6, 6.07) is 10.8. The Kier molecular flexibility index (Phi) is 4.12. The topological polar surface area (TPSA) is 77.1 Å². The van der Waals surface area contributed by atoms with Gasteiger partial charge in [-0.1, -0.05) is 30.3 Å². The van der Waals surface area contributed by atoms with E-state index in [9.17, 15) is 9.59 Å². The van der Waals surface area contributed by atoms with E-state index >= 15 is 0 Å². The van der Waals surface area contributed by atoms with Gasteiger partial charge in [0.05, 0.1) is 0 Å². The highest BCUT2D eigenvalue weighted by Crippen LogP contribution is 2.14. The largest absolute Gasteiger partial charge is 0.350 e. The molecule has 3 N–H and O–H groups in total. The molecule has 1 aromatic carbocycles. The third-order valence-electron chi connectivity index (χ3n) is 2.89. The molecular formula is C15H15N3O2. The van der Waals surface area contributed by atoms with E-state index < -0.39 is 5.91 Å². The normalized spacial score (nSPS) is 10.7. The first-order chi connectivity index (χ1) is 9.61. The van der Waals surface area contributed by atoms with Crippen LogP contribution >= 0.6 is 0 Å². The number of nitrogens with one attached hydrogen (secondary N) is 1. The lowest BCUT2D eigenvalue weighted by molar-refractivity contribution is -0.116. The second-order valence-corrected chi connectivity index (χ2v) is 4.30. The van der Waals surface area contributed by atoms with Crippen molar-refractivity contribution in [3.8, 4) is 0 Å². The lowest BCUT2D eigenvalue weighted by atomic mass is 10.1. The number of nitrogens with two attached hydrogens (primary N) is 1. The fourth-order valence-electron chi connectivity index (χ4n) is 1.84. The van der Waals surface area contributed by atoms with E-state index in [2.05, 4.69) is 0 Å². The number of aromatic nitrogens is 1. The molecule has 0 aliphatic heterocycles. The van der Waals surface area contributed by atoms with Crippen molar-refractivity contribution in [1.82, 2.24) is 9.99 Å². The van der Waals surface area contributed by atoms with E-state index in [1.165, 1.54) is 6.08 Å². The number of ketones is 1. The molecular weight excluding hydrogens is 254 g/mol. The van der Waals surface area contributed by atoms with Crippen molar-refractivity contribution < 1.29 is 9.59 Å². The summed E-state index contributed by atoms with van der Waals surface area (Å²) in [7, 11) is 1.81. The molecule has 0 bridgehead atoms. The van der Waals surface area contributed by atoms with Gasteiger partial charge in [-0.25, -0.2) is 5.84 Å². The molecule has 2 rings (SSSR count). The minimum atomic E-state index is -0.401. The first kappa shape index (κ1) is 13.8. The number of hydrogen-bond donors (Lipinski definition) is 2. The van der Waals surface area contributed by atoms with Crippen molar-refractivity contribution in [2.45, 2.75) is 0 Å². The lowest BCUT2D eigenvalue weighted by Gasteiger charge is -1.96. The Morgan fingerprint density at radius 3 is 2.55 bits per heavy atom. The molecule has 1 heterocycles. The van der Waals surface area contributed by atoms with Crippen LogP contribution in [-0.4, -0.2) is 16.3 Å². The molecule has 0 saturated heterocycles. The third kappa shape index (κ3) is 3.02. The number of carbonyl (C=O) groups is 2. The van der Waals surface area contributed by atoms with Crippen LogP contribution in [0.2, 0.25) is 0 Å². The second kappa shape index (κ2) is 5.99. The standard InChI is InChI=1S/C15H15N3O2/c1-18-10-12(9-13(18)7-8-14(19)17-16)15(20)11-5-3-2-4-6-11/h2-10H,16H2,1H3,(H,17,19)/b8-7+. The number of hydrogen-bond acceptors (Lipinski definition) is 3. The summed E-state index contributed by atoms with van der Waals surface area (Å²) in [6.07, 6.45) is 4.64. The Hall–Kier alpha value is -2.66. The van der Waals surface area contributed by atoms with Crippen LogP contribution in [0.4, 0.5) is 0 Å². The molecule has 0 radical (unpaired) electrons. The highest BCUT2D eigenvalue weighted by Gasteiger charge is 2.11. The van der Waals surface area contributed by atoms with Gasteiger partial charge in [0.25, 0.3) is 5.91 Å². The average molecular weight is 269 g/mol. The van der Waals surface area contributed by atoms with Gasteiger partial charge in [-0.05, 0) is 12.1 Å². The van der Waals surface area contributed by atoms with Gasteiger partial charge in [0.15, 0.2) is 5.78 Å². The Morgan fingerprint density at radius 1 is 1.20 bits per heavy atom. The van der Waals surface area contributed by atoms with Crippen LogP contribution in [-0.2, 0) is 11.8 Å². The van der Waals surface area contributed by atoms with Gasteiger partial charge < -0.3 is 4.57 Å². The molecule has 2 aromatic rings. The molecule has 102 valence electrons. The van der Waals surface area contributed by atoms with Crippen LogP contribution in [0.25, 0.3) is 6.08 Å². The number of rotatable bonds is 4. The van der Waals surface area contributed by atoms with Gasteiger partial charge in [-0.15, -0.1) is 0 Å². The van der Waals surface area contributed by atoms with Crippen LogP contribution in [0.5, 0.6) is 0 Å². The van der Waals surface area contributed by atoms with E-state index in [0.717, 1.165) is 5.69 Å². The van der Waals surface area contributed by atoms with Crippen molar-refractivity contribution in [1.29, 1.82) is 0 Å². The van der Waals surface area contributed by atoms with Crippen molar-refractivity contribution in [3.63, 3.8) is 0 Å². The minimum absolute atomic E-state index is 0.0517. The number of carbonyl (C=O) groups excluding carboxylic acids is 2. The van der Waals surface area contributed by atoms with Crippen LogP contribution in [0, 0.1) is 0 Å². The first-order valence-corrected chi connectivity index (χ1v) is 6.06. The quantitative estimate of drug-likeness (QED) is 0.288. The molecule has 1 aromatic heterocycles. The maximum absolute atomic E-state index is 12.3. The summed E-state index contributed by atoms with van der Waals surface area (Å²) in [4.78, 5) is 23.3. The predicted molar refractivity (Wildman–Crippen MR) is 76.7 cm³/mol.